The van der Waals surface area contributed by atoms with Crippen LogP contribution in [0.25, 0.3) is 39.4 Å². The van der Waals surface area contributed by atoms with Crippen molar-refractivity contribution in [3.05, 3.63) is 54.5 Å². The summed E-state index contributed by atoms with van der Waals surface area (Å²) in [5.41, 5.74) is 3.89. The van der Waals surface area contributed by atoms with Crippen molar-refractivity contribution in [2.45, 2.75) is 20.1 Å². The minimum atomic E-state index is -0.162. The molecule has 1 saturated heterocycles. The Balaban J connectivity index is 1.64. The number of ether oxygens (including phenoxy) is 1. The number of pyridine rings is 1. The van der Waals surface area contributed by atoms with Gasteiger partial charge in [-0.25, -0.2) is 4.98 Å². The maximum Gasteiger partial charge on any atom is 0.255 e. The molecule has 1 aliphatic rings. The molecule has 0 bridgehead atoms. The topological polar surface area (TPSA) is 107 Å². The van der Waals surface area contributed by atoms with Gasteiger partial charge in [0.15, 0.2) is 17.0 Å². The fourth-order valence-electron chi connectivity index (χ4n) is 4.49. The van der Waals surface area contributed by atoms with Crippen LogP contribution in [0, 0.1) is 0 Å². The van der Waals surface area contributed by atoms with Crippen LogP contribution in [-0.2, 0) is 17.9 Å². The second-order valence-electron chi connectivity index (χ2n) is 8.07. The van der Waals surface area contributed by atoms with Crippen molar-refractivity contribution in [3.8, 4) is 17.3 Å². The van der Waals surface area contributed by atoms with E-state index in [1.54, 1.807) is 17.1 Å². The Kier molecular flexibility index (Phi) is 5.16. The van der Waals surface area contributed by atoms with Gasteiger partial charge in [-0.05, 0) is 25.1 Å². The number of nitrogens with zero attached hydrogens (tertiary/aromatic N) is 8. The van der Waals surface area contributed by atoms with E-state index in [2.05, 4.69) is 26.5 Å². The van der Waals surface area contributed by atoms with Crippen molar-refractivity contribution in [2.75, 3.05) is 31.2 Å². The van der Waals surface area contributed by atoms with Gasteiger partial charge < -0.3 is 19.3 Å². The van der Waals surface area contributed by atoms with Crippen LogP contribution in [-0.4, -0.2) is 65.7 Å². The fourth-order valence-corrected chi connectivity index (χ4v) is 4.49. The van der Waals surface area contributed by atoms with Crippen LogP contribution in [0.3, 0.4) is 0 Å². The highest BCUT2D eigenvalue weighted by Crippen LogP contribution is 2.31. The molecule has 1 fully saturated rings. The maximum atomic E-state index is 9.88. The molecule has 1 aliphatic heterocycles. The number of aromatic nitrogens is 7. The zero-order chi connectivity index (χ0) is 23.1. The van der Waals surface area contributed by atoms with Gasteiger partial charge in [-0.15, -0.1) is 0 Å². The minimum absolute atomic E-state index is 0.162. The van der Waals surface area contributed by atoms with Gasteiger partial charge in [0, 0.05) is 43.0 Å². The molecule has 34 heavy (non-hydrogen) atoms. The van der Waals surface area contributed by atoms with Gasteiger partial charge >= 0.3 is 0 Å². The Morgan fingerprint density at radius 1 is 1.00 bits per heavy atom. The number of hydrogen-bond donors (Lipinski definition) is 1. The molecule has 10 heteroatoms. The zero-order valence-electron chi connectivity index (χ0n) is 18.8. The number of benzene rings is 1. The lowest BCUT2D eigenvalue weighted by Crippen LogP contribution is -2.37. The first-order valence-corrected chi connectivity index (χ1v) is 11.4. The van der Waals surface area contributed by atoms with Gasteiger partial charge in [-0.3, -0.25) is 4.98 Å². The summed E-state index contributed by atoms with van der Waals surface area (Å²) in [6, 6.07) is 11.7. The predicted molar refractivity (Wildman–Crippen MR) is 128 cm³/mol. The van der Waals surface area contributed by atoms with E-state index in [1.165, 1.54) is 0 Å². The van der Waals surface area contributed by atoms with Crippen molar-refractivity contribution in [2.24, 2.45) is 0 Å². The number of para-hydroxylation sites is 1. The summed E-state index contributed by atoms with van der Waals surface area (Å²) in [6.07, 6.45) is 3.53. The first-order chi connectivity index (χ1) is 16.8. The normalized spacial score (nSPS) is 14.4. The maximum absolute atomic E-state index is 9.88. The Hall–Kier alpha value is -3.89. The Morgan fingerprint density at radius 2 is 1.79 bits per heavy atom. The number of rotatable bonds is 5. The van der Waals surface area contributed by atoms with E-state index in [-0.39, 0.29) is 6.61 Å². The summed E-state index contributed by atoms with van der Waals surface area (Å²) >= 11 is 0. The van der Waals surface area contributed by atoms with Gasteiger partial charge in [0.25, 0.3) is 5.95 Å². The summed E-state index contributed by atoms with van der Waals surface area (Å²) in [6.45, 7) is 5.31. The second kappa shape index (κ2) is 8.47. The molecular formula is C24H24N8O2. The van der Waals surface area contributed by atoms with Crippen molar-refractivity contribution < 1.29 is 9.84 Å². The summed E-state index contributed by atoms with van der Waals surface area (Å²) in [4.78, 5) is 21.3. The highest BCUT2D eigenvalue weighted by Gasteiger charge is 2.24. The quantitative estimate of drug-likeness (QED) is 0.430. The molecule has 1 N–H and O–H groups in total. The molecular weight excluding hydrogens is 432 g/mol. The molecule has 0 amide bonds. The average Bonchev–Trinajstić information content (AvgIpc) is 3.47. The number of aliphatic hydroxyl groups is 1. The van der Waals surface area contributed by atoms with Crippen molar-refractivity contribution in [3.63, 3.8) is 0 Å². The molecule has 4 aromatic heterocycles. The molecule has 0 saturated carbocycles. The number of anilines is 1. The summed E-state index contributed by atoms with van der Waals surface area (Å²) in [5, 5.41) is 15.4. The predicted octanol–water partition coefficient (Wildman–Crippen LogP) is 2.58. The van der Waals surface area contributed by atoms with E-state index in [9.17, 15) is 5.11 Å². The van der Waals surface area contributed by atoms with Gasteiger partial charge in [0.05, 0.1) is 31.0 Å². The summed E-state index contributed by atoms with van der Waals surface area (Å²) < 4.78 is 9.39. The molecule has 0 aliphatic carbocycles. The molecule has 172 valence electrons. The smallest absolute Gasteiger partial charge is 0.255 e. The third-order valence-corrected chi connectivity index (χ3v) is 6.13. The second-order valence-corrected chi connectivity index (χ2v) is 8.07. The molecule has 1 aromatic carbocycles. The van der Waals surface area contributed by atoms with Gasteiger partial charge in [0.2, 0.25) is 0 Å². The lowest BCUT2D eigenvalue weighted by atomic mass is 10.2. The van der Waals surface area contributed by atoms with Crippen molar-refractivity contribution in [1.82, 2.24) is 34.3 Å². The van der Waals surface area contributed by atoms with Crippen LogP contribution in [0.4, 0.5) is 5.82 Å². The molecule has 0 radical (unpaired) electrons. The van der Waals surface area contributed by atoms with Crippen molar-refractivity contribution >= 4 is 27.9 Å². The monoisotopic (exact) mass is 456 g/mol. The number of aryl methyl sites for hydroxylation is 1. The molecule has 0 unspecified atom stereocenters. The van der Waals surface area contributed by atoms with Crippen LogP contribution in [0.15, 0.2) is 48.8 Å². The number of aliphatic hydroxyl groups excluding tert-OH is 1. The van der Waals surface area contributed by atoms with Crippen molar-refractivity contribution in [1.29, 1.82) is 0 Å². The van der Waals surface area contributed by atoms with E-state index < -0.39 is 0 Å². The Morgan fingerprint density at radius 3 is 2.56 bits per heavy atom. The lowest BCUT2D eigenvalue weighted by Gasteiger charge is -2.28. The van der Waals surface area contributed by atoms with E-state index in [1.807, 2.05) is 36.4 Å². The van der Waals surface area contributed by atoms with Gasteiger partial charge in [0.1, 0.15) is 5.82 Å². The van der Waals surface area contributed by atoms with Crippen LogP contribution in [0.2, 0.25) is 0 Å². The molecule has 5 heterocycles. The SMILES string of the molecule is CCn1c(-c2ccncc2)nc2c(N3CCOCC3)nc(-n3nc(CO)c4ccccc43)nc21. The third kappa shape index (κ3) is 3.30. The highest BCUT2D eigenvalue weighted by atomic mass is 16.5. The van der Waals surface area contributed by atoms with Crippen LogP contribution in [0.5, 0.6) is 0 Å². The summed E-state index contributed by atoms with van der Waals surface area (Å²) in [5.74, 6) is 2.03. The van der Waals surface area contributed by atoms with E-state index in [0.29, 0.717) is 31.4 Å². The average molecular weight is 457 g/mol. The van der Waals surface area contributed by atoms with Gasteiger partial charge in [-0.2, -0.15) is 19.7 Å². The van der Waals surface area contributed by atoms with Crippen LogP contribution >= 0.6 is 0 Å². The number of morpholine rings is 1. The minimum Gasteiger partial charge on any atom is -0.390 e. The van der Waals surface area contributed by atoms with E-state index >= 15 is 0 Å². The largest absolute Gasteiger partial charge is 0.390 e. The lowest BCUT2D eigenvalue weighted by molar-refractivity contribution is 0.122. The van der Waals surface area contributed by atoms with E-state index in [4.69, 9.17) is 19.7 Å². The molecule has 5 aromatic rings. The first kappa shape index (κ1) is 20.7. The zero-order valence-corrected chi connectivity index (χ0v) is 18.8. The fraction of sp³-hybridized carbons (Fsp3) is 0.292. The Bertz CT molecular complexity index is 1470. The van der Waals surface area contributed by atoms with Crippen LogP contribution in [0.1, 0.15) is 12.6 Å². The third-order valence-electron chi connectivity index (χ3n) is 6.13. The number of fused-ring (bicyclic) bond motifs is 2. The number of hydrogen-bond acceptors (Lipinski definition) is 8. The van der Waals surface area contributed by atoms with E-state index in [0.717, 1.165) is 52.4 Å². The first-order valence-electron chi connectivity index (χ1n) is 11.4. The highest BCUT2D eigenvalue weighted by molar-refractivity contribution is 5.89. The number of imidazole rings is 1. The van der Waals surface area contributed by atoms with Crippen LogP contribution < -0.4 is 4.90 Å². The Labute approximate surface area is 195 Å². The molecule has 10 nitrogen and oxygen atoms in total. The molecule has 0 atom stereocenters. The summed E-state index contributed by atoms with van der Waals surface area (Å²) in [7, 11) is 0. The van der Waals surface area contributed by atoms with Gasteiger partial charge in [-0.1, -0.05) is 18.2 Å². The molecule has 0 spiro atoms. The standard InChI is InChI=1S/C24H24N8O2/c1-2-31-21(16-7-9-25-10-8-16)26-20-22(30-11-13-34-14-12-30)27-24(28-23(20)31)32-19-6-4-3-5-17(19)18(15-33)29-32/h3-10,33H,2,11-15H2,1H3. The molecule has 6 rings (SSSR count).